The number of nitrogens with two attached hydrogens (primary N) is 1. The molecule has 0 saturated carbocycles. The van der Waals surface area contributed by atoms with Gasteiger partial charge >= 0.3 is 0 Å². The normalized spacial score (nSPS) is 15.1. The molecule has 2 amide bonds. The SMILES string of the molecule is COc1cc(OC)c(N)c(C(=O)N2CCCNC(=O)C2)c1. The van der Waals surface area contributed by atoms with Crippen molar-refractivity contribution in [3.8, 4) is 11.5 Å². The number of carbonyl (C=O) groups is 2. The zero-order valence-electron chi connectivity index (χ0n) is 12.1. The third kappa shape index (κ3) is 3.18. The minimum absolute atomic E-state index is 0.0256. The summed E-state index contributed by atoms with van der Waals surface area (Å²) in [5, 5.41) is 2.73. The number of ether oxygens (including phenoxy) is 2. The maximum Gasteiger partial charge on any atom is 0.256 e. The molecule has 0 bridgehead atoms. The fourth-order valence-corrected chi connectivity index (χ4v) is 2.21. The molecule has 1 saturated heterocycles. The molecule has 1 aromatic rings. The Labute approximate surface area is 123 Å². The highest BCUT2D eigenvalue weighted by Crippen LogP contribution is 2.31. The van der Waals surface area contributed by atoms with E-state index in [-0.39, 0.29) is 29.6 Å². The van der Waals surface area contributed by atoms with E-state index in [1.165, 1.54) is 19.1 Å². The summed E-state index contributed by atoms with van der Waals surface area (Å²) in [7, 11) is 2.97. The van der Waals surface area contributed by atoms with Crippen LogP contribution in [0.1, 0.15) is 16.8 Å². The molecule has 7 heteroatoms. The van der Waals surface area contributed by atoms with E-state index < -0.39 is 0 Å². The van der Waals surface area contributed by atoms with Crippen LogP contribution in [0.15, 0.2) is 12.1 Å². The number of nitrogen functional groups attached to an aromatic ring is 1. The van der Waals surface area contributed by atoms with Crippen molar-refractivity contribution in [1.82, 2.24) is 10.2 Å². The van der Waals surface area contributed by atoms with E-state index in [1.807, 2.05) is 0 Å². The van der Waals surface area contributed by atoms with Crippen molar-refractivity contribution in [2.45, 2.75) is 6.42 Å². The summed E-state index contributed by atoms with van der Waals surface area (Å²) in [6.07, 6.45) is 0.707. The zero-order chi connectivity index (χ0) is 15.4. The second-order valence-electron chi connectivity index (χ2n) is 4.72. The van der Waals surface area contributed by atoms with Crippen LogP contribution in [-0.2, 0) is 4.79 Å². The molecule has 1 aliphatic heterocycles. The Morgan fingerprint density at radius 3 is 2.76 bits per heavy atom. The Bertz CT molecular complexity index is 559. The van der Waals surface area contributed by atoms with Crippen molar-refractivity contribution in [2.24, 2.45) is 0 Å². The molecular formula is C14H19N3O4. The van der Waals surface area contributed by atoms with Gasteiger partial charge in [0.25, 0.3) is 5.91 Å². The maximum absolute atomic E-state index is 12.6. The van der Waals surface area contributed by atoms with Gasteiger partial charge in [-0.25, -0.2) is 0 Å². The maximum atomic E-state index is 12.6. The average Bonchev–Trinajstić information content (AvgIpc) is 2.71. The Morgan fingerprint density at radius 2 is 2.10 bits per heavy atom. The molecule has 0 aromatic heterocycles. The summed E-state index contributed by atoms with van der Waals surface area (Å²) in [5.74, 6) is 0.372. The quantitative estimate of drug-likeness (QED) is 0.779. The number of anilines is 1. The molecule has 3 N–H and O–H groups in total. The van der Waals surface area contributed by atoms with Crippen molar-refractivity contribution in [1.29, 1.82) is 0 Å². The van der Waals surface area contributed by atoms with Crippen LogP contribution in [0.25, 0.3) is 0 Å². The van der Waals surface area contributed by atoms with Gasteiger partial charge in [0.1, 0.15) is 11.5 Å². The van der Waals surface area contributed by atoms with Crippen LogP contribution in [0.2, 0.25) is 0 Å². The van der Waals surface area contributed by atoms with Crippen molar-refractivity contribution in [3.63, 3.8) is 0 Å². The predicted molar refractivity (Wildman–Crippen MR) is 77.5 cm³/mol. The number of carbonyl (C=O) groups excluding carboxylic acids is 2. The molecule has 1 aliphatic rings. The zero-order valence-corrected chi connectivity index (χ0v) is 12.1. The highest BCUT2D eigenvalue weighted by molar-refractivity contribution is 6.02. The van der Waals surface area contributed by atoms with Crippen LogP contribution in [0, 0.1) is 0 Å². The number of benzene rings is 1. The number of rotatable bonds is 3. The molecule has 0 unspecified atom stereocenters. The Morgan fingerprint density at radius 1 is 1.33 bits per heavy atom. The van der Waals surface area contributed by atoms with E-state index in [4.69, 9.17) is 15.2 Å². The monoisotopic (exact) mass is 293 g/mol. The van der Waals surface area contributed by atoms with Gasteiger partial charge in [0.15, 0.2) is 0 Å². The van der Waals surface area contributed by atoms with E-state index >= 15 is 0 Å². The summed E-state index contributed by atoms with van der Waals surface area (Å²) in [5.41, 5.74) is 6.49. The van der Waals surface area contributed by atoms with Crippen LogP contribution in [0.5, 0.6) is 11.5 Å². The van der Waals surface area contributed by atoms with Crippen LogP contribution < -0.4 is 20.5 Å². The molecule has 1 fully saturated rings. The van der Waals surface area contributed by atoms with Gasteiger partial charge in [-0.3, -0.25) is 9.59 Å². The van der Waals surface area contributed by atoms with Gasteiger partial charge in [-0.05, 0) is 12.5 Å². The van der Waals surface area contributed by atoms with Crippen molar-refractivity contribution >= 4 is 17.5 Å². The summed E-state index contributed by atoms with van der Waals surface area (Å²) < 4.78 is 10.3. The smallest absolute Gasteiger partial charge is 0.256 e. The Balaban J connectivity index is 2.35. The van der Waals surface area contributed by atoms with E-state index in [0.29, 0.717) is 31.0 Å². The first kappa shape index (κ1) is 15.0. The van der Waals surface area contributed by atoms with Gasteiger partial charge in [0, 0.05) is 19.2 Å². The molecule has 0 atom stereocenters. The van der Waals surface area contributed by atoms with Gasteiger partial charge in [-0.2, -0.15) is 0 Å². The Kier molecular flexibility index (Phi) is 4.52. The lowest BCUT2D eigenvalue weighted by atomic mass is 10.1. The van der Waals surface area contributed by atoms with Crippen LogP contribution in [-0.4, -0.2) is 50.6 Å². The highest BCUT2D eigenvalue weighted by atomic mass is 16.5. The lowest BCUT2D eigenvalue weighted by Gasteiger charge is -2.21. The molecule has 114 valence electrons. The third-order valence-electron chi connectivity index (χ3n) is 3.35. The largest absolute Gasteiger partial charge is 0.497 e. The molecule has 7 nitrogen and oxygen atoms in total. The van der Waals surface area contributed by atoms with Gasteiger partial charge < -0.3 is 25.4 Å². The van der Waals surface area contributed by atoms with Gasteiger partial charge in [0.2, 0.25) is 5.91 Å². The molecule has 0 spiro atoms. The molecule has 0 radical (unpaired) electrons. The number of hydrogen-bond acceptors (Lipinski definition) is 5. The number of nitrogens with zero attached hydrogens (tertiary/aromatic N) is 1. The first-order valence-electron chi connectivity index (χ1n) is 6.64. The molecular weight excluding hydrogens is 274 g/mol. The van der Waals surface area contributed by atoms with Gasteiger partial charge in [0.05, 0.1) is 32.0 Å². The first-order chi connectivity index (χ1) is 10.1. The van der Waals surface area contributed by atoms with E-state index in [1.54, 1.807) is 12.1 Å². The summed E-state index contributed by atoms with van der Waals surface area (Å²) in [6.45, 7) is 1.09. The third-order valence-corrected chi connectivity index (χ3v) is 3.35. The fraction of sp³-hybridized carbons (Fsp3) is 0.429. The van der Waals surface area contributed by atoms with Crippen LogP contribution in [0.4, 0.5) is 5.69 Å². The molecule has 1 heterocycles. The average molecular weight is 293 g/mol. The van der Waals surface area contributed by atoms with Gasteiger partial charge in [-0.15, -0.1) is 0 Å². The number of amides is 2. The van der Waals surface area contributed by atoms with Crippen molar-refractivity contribution < 1.29 is 19.1 Å². The minimum Gasteiger partial charge on any atom is -0.497 e. The van der Waals surface area contributed by atoms with Crippen molar-refractivity contribution in [2.75, 3.05) is 39.6 Å². The summed E-state index contributed by atoms with van der Waals surface area (Å²) in [6, 6.07) is 3.17. The number of hydrogen-bond donors (Lipinski definition) is 2. The lowest BCUT2D eigenvalue weighted by molar-refractivity contribution is -0.121. The molecule has 2 rings (SSSR count). The lowest BCUT2D eigenvalue weighted by Crippen LogP contribution is -2.37. The van der Waals surface area contributed by atoms with Crippen LogP contribution >= 0.6 is 0 Å². The van der Waals surface area contributed by atoms with Crippen LogP contribution in [0.3, 0.4) is 0 Å². The van der Waals surface area contributed by atoms with Gasteiger partial charge in [-0.1, -0.05) is 0 Å². The standard InChI is InChI=1S/C14H19N3O4/c1-20-9-6-10(13(15)11(7-9)21-2)14(19)17-5-3-4-16-12(18)8-17/h6-7H,3-5,8,15H2,1-2H3,(H,16,18). The number of nitrogens with one attached hydrogen (secondary N) is 1. The number of methoxy groups -OCH3 is 2. The Hall–Kier alpha value is -2.44. The topological polar surface area (TPSA) is 93.9 Å². The molecule has 1 aromatic carbocycles. The van der Waals surface area contributed by atoms with Crippen molar-refractivity contribution in [3.05, 3.63) is 17.7 Å². The molecule has 21 heavy (non-hydrogen) atoms. The second-order valence-corrected chi connectivity index (χ2v) is 4.72. The fourth-order valence-electron chi connectivity index (χ4n) is 2.21. The first-order valence-corrected chi connectivity index (χ1v) is 6.64. The van der Waals surface area contributed by atoms with E-state index in [0.717, 1.165) is 0 Å². The van der Waals surface area contributed by atoms with E-state index in [2.05, 4.69) is 5.32 Å². The van der Waals surface area contributed by atoms with E-state index in [9.17, 15) is 9.59 Å². The summed E-state index contributed by atoms with van der Waals surface area (Å²) in [4.78, 5) is 25.7. The minimum atomic E-state index is -0.304. The second kappa shape index (κ2) is 6.34. The highest BCUT2D eigenvalue weighted by Gasteiger charge is 2.24. The molecule has 0 aliphatic carbocycles. The predicted octanol–water partition coefficient (Wildman–Crippen LogP) is 0.248. The summed E-state index contributed by atoms with van der Waals surface area (Å²) >= 11 is 0.